The molecule has 0 spiro atoms. The Morgan fingerprint density at radius 1 is 1.48 bits per heavy atom. The molecule has 1 aromatic carbocycles. The summed E-state index contributed by atoms with van der Waals surface area (Å²) in [5.74, 6) is 0. The molecule has 1 saturated heterocycles. The van der Waals surface area contributed by atoms with Gasteiger partial charge in [0.25, 0.3) is 0 Å². The fourth-order valence-corrected chi connectivity index (χ4v) is 2.37. The van der Waals surface area contributed by atoms with E-state index in [1.54, 1.807) is 12.5 Å². The molecule has 0 aliphatic carbocycles. The number of nitrogens with one attached hydrogen (secondary N) is 3. The molecule has 2 amide bonds. The van der Waals surface area contributed by atoms with E-state index in [1.807, 2.05) is 24.3 Å². The Labute approximate surface area is 122 Å². The Morgan fingerprint density at radius 2 is 2.43 bits per heavy atom. The fraction of sp³-hybridized carbons (Fsp3) is 0.333. The molecule has 110 valence electrons. The van der Waals surface area contributed by atoms with Gasteiger partial charge in [0.15, 0.2) is 0 Å². The summed E-state index contributed by atoms with van der Waals surface area (Å²) in [6.07, 6.45) is 5.60. The van der Waals surface area contributed by atoms with Crippen molar-refractivity contribution < 1.29 is 9.53 Å². The third-order valence-corrected chi connectivity index (χ3v) is 3.44. The third-order valence-electron chi connectivity index (χ3n) is 3.44. The number of imidazole rings is 1. The van der Waals surface area contributed by atoms with E-state index >= 15 is 0 Å². The minimum absolute atomic E-state index is 0.145. The summed E-state index contributed by atoms with van der Waals surface area (Å²) < 4.78 is 5.47. The summed E-state index contributed by atoms with van der Waals surface area (Å²) >= 11 is 0. The smallest absolute Gasteiger partial charge is 0.319 e. The van der Waals surface area contributed by atoms with Crippen molar-refractivity contribution in [2.24, 2.45) is 0 Å². The van der Waals surface area contributed by atoms with Crippen molar-refractivity contribution in [3.05, 3.63) is 36.8 Å². The van der Waals surface area contributed by atoms with Crippen LogP contribution in [0.3, 0.4) is 0 Å². The van der Waals surface area contributed by atoms with Crippen molar-refractivity contribution in [1.82, 2.24) is 15.3 Å². The van der Waals surface area contributed by atoms with Crippen LogP contribution in [0, 0.1) is 0 Å². The lowest BCUT2D eigenvalue weighted by molar-refractivity contribution is 0.112. The first-order valence-electron chi connectivity index (χ1n) is 7.06. The van der Waals surface area contributed by atoms with Gasteiger partial charge in [-0.15, -0.1) is 0 Å². The zero-order valence-corrected chi connectivity index (χ0v) is 11.6. The molecule has 1 atom stereocenters. The number of aromatic amines is 1. The predicted molar refractivity (Wildman–Crippen MR) is 80.0 cm³/mol. The first-order chi connectivity index (χ1) is 10.3. The van der Waals surface area contributed by atoms with Crippen molar-refractivity contribution in [3.8, 4) is 11.3 Å². The van der Waals surface area contributed by atoms with Crippen LogP contribution >= 0.6 is 0 Å². The number of rotatable bonds is 4. The van der Waals surface area contributed by atoms with E-state index in [4.69, 9.17) is 4.74 Å². The third kappa shape index (κ3) is 3.61. The molecule has 6 heteroatoms. The van der Waals surface area contributed by atoms with E-state index in [0.29, 0.717) is 6.54 Å². The molecule has 0 unspecified atom stereocenters. The summed E-state index contributed by atoms with van der Waals surface area (Å²) in [6, 6.07) is 7.40. The van der Waals surface area contributed by atoms with E-state index in [0.717, 1.165) is 36.4 Å². The highest BCUT2D eigenvalue weighted by molar-refractivity contribution is 5.90. The second-order valence-corrected chi connectivity index (χ2v) is 5.02. The SMILES string of the molecule is O=C(NC[C@H]1CCCO1)Nc1cccc(-c2cnc[nH]2)c1. The fourth-order valence-electron chi connectivity index (χ4n) is 2.37. The van der Waals surface area contributed by atoms with Crippen LogP contribution in [0.1, 0.15) is 12.8 Å². The number of amides is 2. The average molecular weight is 286 g/mol. The molecule has 2 heterocycles. The van der Waals surface area contributed by atoms with E-state index < -0.39 is 0 Å². The molecule has 1 aliphatic rings. The van der Waals surface area contributed by atoms with Gasteiger partial charge in [-0.1, -0.05) is 12.1 Å². The first kappa shape index (κ1) is 13.6. The Morgan fingerprint density at radius 3 is 3.19 bits per heavy atom. The normalized spacial score (nSPS) is 17.6. The maximum Gasteiger partial charge on any atom is 0.319 e. The van der Waals surface area contributed by atoms with Gasteiger partial charge in [-0.2, -0.15) is 0 Å². The van der Waals surface area contributed by atoms with Crippen LogP contribution in [0.25, 0.3) is 11.3 Å². The van der Waals surface area contributed by atoms with Crippen LogP contribution in [0.2, 0.25) is 0 Å². The topological polar surface area (TPSA) is 79.0 Å². The predicted octanol–water partition coefficient (Wildman–Crippen LogP) is 2.38. The molecule has 3 rings (SSSR count). The minimum Gasteiger partial charge on any atom is -0.376 e. The Hall–Kier alpha value is -2.34. The summed E-state index contributed by atoms with van der Waals surface area (Å²) in [7, 11) is 0. The number of hydrogen-bond donors (Lipinski definition) is 3. The van der Waals surface area contributed by atoms with Crippen LogP contribution < -0.4 is 10.6 Å². The minimum atomic E-state index is -0.215. The van der Waals surface area contributed by atoms with Crippen molar-refractivity contribution in [2.75, 3.05) is 18.5 Å². The summed E-state index contributed by atoms with van der Waals surface area (Å²) in [6.45, 7) is 1.34. The van der Waals surface area contributed by atoms with Crippen molar-refractivity contribution in [2.45, 2.75) is 18.9 Å². The van der Waals surface area contributed by atoms with Crippen LogP contribution in [0.15, 0.2) is 36.8 Å². The molecule has 0 bridgehead atoms. The molecule has 1 aliphatic heterocycles. The van der Waals surface area contributed by atoms with Gasteiger partial charge in [-0.3, -0.25) is 0 Å². The molecular formula is C15H18N4O2. The molecule has 2 aromatic rings. The maximum atomic E-state index is 11.9. The number of anilines is 1. The van der Waals surface area contributed by atoms with Crippen molar-refractivity contribution in [3.63, 3.8) is 0 Å². The van der Waals surface area contributed by atoms with Gasteiger partial charge in [0.2, 0.25) is 0 Å². The van der Waals surface area contributed by atoms with Gasteiger partial charge in [0.05, 0.1) is 24.3 Å². The summed E-state index contributed by atoms with van der Waals surface area (Å²) in [4.78, 5) is 18.9. The molecule has 0 saturated carbocycles. The lowest BCUT2D eigenvalue weighted by atomic mass is 10.1. The lowest BCUT2D eigenvalue weighted by Crippen LogP contribution is -2.35. The molecular weight excluding hydrogens is 268 g/mol. The second-order valence-electron chi connectivity index (χ2n) is 5.02. The quantitative estimate of drug-likeness (QED) is 0.807. The number of H-pyrrole nitrogens is 1. The van der Waals surface area contributed by atoms with Crippen LogP contribution in [0.5, 0.6) is 0 Å². The number of urea groups is 1. The maximum absolute atomic E-state index is 11.9. The number of aromatic nitrogens is 2. The second kappa shape index (κ2) is 6.41. The van der Waals surface area contributed by atoms with Gasteiger partial charge >= 0.3 is 6.03 Å². The Bertz CT molecular complexity index is 591. The number of carbonyl (C=O) groups excluding carboxylic acids is 1. The number of benzene rings is 1. The van der Waals surface area contributed by atoms with E-state index in [9.17, 15) is 4.79 Å². The van der Waals surface area contributed by atoms with Gasteiger partial charge in [-0.25, -0.2) is 9.78 Å². The first-order valence-corrected chi connectivity index (χ1v) is 7.06. The van der Waals surface area contributed by atoms with Crippen LogP contribution in [-0.4, -0.2) is 35.3 Å². The Kier molecular flexibility index (Phi) is 4.16. The average Bonchev–Trinajstić information content (AvgIpc) is 3.19. The zero-order chi connectivity index (χ0) is 14.5. The van der Waals surface area contributed by atoms with Crippen LogP contribution in [-0.2, 0) is 4.74 Å². The van der Waals surface area contributed by atoms with Crippen molar-refractivity contribution in [1.29, 1.82) is 0 Å². The zero-order valence-electron chi connectivity index (χ0n) is 11.6. The highest BCUT2D eigenvalue weighted by Gasteiger charge is 2.16. The number of nitrogens with zero attached hydrogens (tertiary/aromatic N) is 1. The van der Waals surface area contributed by atoms with Gasteiger partial charge in [0.1, 0.15) is 0 Å². The highest BCUT2D eigenvalue weighted by atomic mass is 16.5. The molecule has 1 aromatic heterocycles. The van der Waals surface area contributed by atoms with Crippen LogP contribution in [0.4, 0.5) is 10.5 Å². The van der Waals surface area contributed by atoms with Crippen molar-refractivity contribution >= 4 is 11.7 Å². The lowest BCUT2D eigenvalue weighted by Gasteiger charge is -2.12. The van der Waals surface area contributed by atoms with E-state index in [1.165, 1.54) is 0 Å². The molecule has 3 N–H and O–H groups in total. The standard InChI is InChI=1S/C15H18N4O2/c20-15(17-8-13-5-2-6-21-13)19-12-4-1-3-11(7-12)14-9-16-10-18-14/h1,3-4,7,9-10,13H,2,5-6,8H2,(H,16,18)(H2,17,19,20)/t13-/m1/s1. The highest BCUT2D eigenvalue weighted by Crippen LogP contribution is 2.20. The summed E-state index contributed by atoms with van der Waals surface area (Å²) in [5.41, 5.74) is 2.63. The van der Waals surface area contributed by atoms with Gasteiger partial charge in [0, 0.05) is 24.4 Å². The summed E-state index contributed by atoms with van der Waals surface area (Å²) in [5, 5.41) is 5.66. The number of hydrogen-bond acceptors (Lipinski definition) is 3. The molecule has 1 fully saturated rings. The van der Waals surface area contributed by atoms with E-state index in [2.05, 4.69) is 20.6 Å². The van der Waals surface area contributed by atoms with E-state index in [-0.39, 0.29) is 12.1 Å². The largest absolute Gasteiger partial charge is 0.376 e. The van der Waals surface area contributed by atoms with Gasteiger partial charge in [-0.05, 0) is 25.0 Å². The Balaban J connectivity index is 1.56. The van der Waals surface area contributed by atoms with Gasteiger partial charge < -0.3 is 20.4 Å². The number of carbonyl (C=O) groups is 1. The number of ether oxygens (including phenoxy) is 1. The monoisotopic (exact) mass is 286 g/mol. The molecule has 0 radical (unpaired) electrons. The molecule has 21 heavy (non-hydrogen) atoms. The molecule has 6 nitrogen and oxygen atoms in total.